The molecule has 2 heterocycles. The number of fused-ring (bicyclic) bond motifs is 1. The predicted molar refractivity (Wildman–Crippen MR) is 133 cm³/mol. The Morgan fingerprint density at radius 1 is 1.16 bits per heavy atom. The molecule has 0 radical (unpaired) electrons. The van der Waals surface area contributed by atoms with E-state index in [0.717, 1.165) is 37.9 Å². The minimum Gasteiger partial charge on any atom is -0.468 e. The SMILES string of the molecule is COC(=O)CN1C(=S)N(C)C(=O)/C1=C/c1cc(C)n(-c2ccc(Br)c3ccccc23)c1C. The van der Waals surface area contributed by atoms with Crippen LogP contribution in [0.3, 0.4) is 0 Å². The fraction of sp³-hybridized carbons (Fsp3) is 0.208. The van der Waals surface area contributed by atoms with E-state index in [9.17, 15) is 9.59 Å². The summed E-state index contributed by atoms with van der Waals surface area (Å²) in [5.74, 6) is -0.717. The number of aromatic nitrogens is 1. The molecule has 0 atom stereocenters. The van der Waals surface area contributed by atoms with Crippen molar-refractivity contribution in [3.63, 3.8) is 0 Å². The minimum atomic E-state index is -0.465. The predicted octanol–water partition coefficient (Wildman–Crippen LogP) is 4.58. The van der Waals surface area contributed by atoms with E-state index < -0.39 is 5.97 Å². The molecule has 0 aliphatic carbocycles. The number of benzene rings is 2. The van der Waals surface area contributed by atoms with Crippen LogP contribution in [-0.2, 0) is 14.3 Å². The van der Waals surface area contributed by atoms with Crippen LogP contribution in [0.1, 0.15) is 17.0 Å². The molecule has 1 fully saturated rings. The maximum Gasteiger partial charge on any atom is 0.325 e. The molecule has 164 valence electrons. The molecule has 0 bridgehead atoms. The van der Waals surface area contributed by atoms with Crippen LogP contribution in [0.5, 0.6) is 0 Å². The van der Waals surface area contributed by atoms with Crippen LogP contribution < -0.4 is 0 Å². The number of hydrogen-bond acceptors (Lipinski definition) is 4. The highest BCUT2D eigenvalue weighted by Crippen LogP contribution is 2.33. The number of methoxy groups -OCH3 is 1. The standard InChI is InChI=1S/C24H22BrN3O3S/c1-14-11-16(12-21-23(30)26(3)24(32)27(21)13-22(29)31-4)15(2)28(14)20-10-9-19(25)17-7-5-6-8-18(17)20/h5-12H,13H2,1-4H3/b21-12-. The third kappa shape index (κ3) is 3.63. The Kier molecular flexibility index (Phi) is 5.92. The van der Waals surface area contributed by atoms with Crippen LogP contribution in [0.15, 0.2) is 52.6 Å². The number of rotatable bonds is 4. The van der Waals surface area contributed by atoms with E-state index >= 15 is 0 Å². The number of halogens is 1. The fourth-order valence-electron chi connectivity index (χ4n) is 4.04. The minimum absolute atomic E-state index is 0.118. The van der Waals surface area contributed by atoms with E-state index in [2.05, 4.69) is 38.7 Å². The lowest BCUT2D eigenvalue weighted by Gasteiger charge is -2.17. The molecule has 3 aromatic rings. The number of carbonyl (C=O) groups excluding carboxylic acids is 2. The van der Waals surface area contributed by atoms with Crippen molar-refractivity contribution >= 4 is 62.0 Å². The van der Waals surface area contributed by atoms with E-state index in [1.165, 1.54) is 16.9 Å². The summed E-state index contributed by atoms with van der Waals surface area (Å²) in [5, 5.41) is 2.52. The summed E-state index contributed by atoms with van der Waals surface area (Å²) in [7, 11) is 2.92. The molecule has 8 heteroatoms. The summed E-state index contributed by atoms with van der Waals surface area (Å²) >= 11 is 9.02. The normalized spacial score (nSPS) is 15.3. The monoisotopic (exact) mass is 511 g/mol. The zero-order valence-corrected chi connectivity index (χ0v) is 20.6. The van der Waals surface area contributed by atoms with Gasteiger partial charge in [-0.1, -0.05) is 40.2 Å². The van der Waals surface area contributed by atoms with Gasteiger partial charge in [0.05, 0.1) is 12.8 Å². The third-order valence-electron chi connectivity index (χ3n) is 5.70. The van der Waals surface area contributed by atoms with Crippen molar-refractivity contribution in [1.29, 1.82) is 0 Å². The Morgan fingerprint density at radius 2 is 1.84 bits per heavy atom. The summed E-state index contributed by atoms with van der Waals surface area (Å²) in [6.07, 6.45) is 1.79. The van der Waals surface area contributed by atoms with E-state index in [1.54, 1.807) is 13.1 Å². The van der Waals surface area contributed by atoms with Crippen molar-refractivity contribution in [3.05, 3.63) is 69.6 Å². The van der Waals surface area contributed by atoms with Crippen LogP contribution >= 0.6 is 28.1 Å². The van der Waals surface area contributed by atoms with Gasteiger partial charge in [0, 0.05) is 28.3 Å². The zero-order chi connectivity index (χ0) is 23.2. The number of carbonyl (C=O) groups is 2. The zero-order valence-electron chi connectivity index (χ0n) is 18.2. The molecule has 0 saturated carbocycles. The molecule has 1 aliphatic heterocycles. The van der Waals surface area contributed by atoms with E-state index in [4.69, 9.17) is 17.0 Å². The number of thiocarbonyl (C=S) groups is 1. The van der Waals surface area contributed by atoms with Crippen molar-refractivity contribution < 1.29 is 14.3 Å². The van der Waals surface area contributed by atoms with Gasteiger partial charge in [-0.3, -0.25) is 14.5 Å². The maximum atomic E-state index is 12.8. The lowest BCUT2D eigenvalue weighted by molar-refractivity contribution is -0.140. The first-order valence-electron chi connectivity index (χ1n) is 9.99. The third-order valence-corrected chi connectivity index (χ3v) is 6.88. The molecular weight excluding hydrogens is 490 g/mol. The van der Waals surface area contributed by atoms with Crippen molar-refractivity contribution in [1.82, 2.24) is 14.4 Å². The molecule has 6 nitrogen and oxygen atoms in total. The van der Waals surface area contributed by atoms with E-state index in [-0.39, 0.29) is 17.6 Å². The van der Waals surface area contributed by atoms with Crippen molar-refractivity contribution in [2.24, 2.45) is 0 Å². The summed E-state index contributed by atoms with van der Waals surface area (Å²) in [5.41, 5.74) is 4.30. The molecular formula is C24H22BrN3O3S. The number of aryl methyl sites for hydroxylation is 1. The number of hydrogen-bond donors (Lipinski definition) is 0. The Hall–Kier alpha value is -2.97. The van der Waals surface area contributed by atoms with Crippen molar-refractivity contribution in [2.75, 3.05) is 20.7 Å². The highest BCUT2D eigenvalue weighted by atomic mass is 79.9. The second-order valence-corrected chi connectivity index (χ2v) is 8.83. The van der Waals surface area contributed by atoms with Gasteiger partial charge in [0.15, 0.2) is 5.11 Å². The van der Waals surface area contributed by atoms with Gasteiger partial charge in [0.25, 0.3) is 5.91 Å². The smallest absolute Gasteiger partial charge is 0.325 e. The first-order chi connectivity index (χ1) is 15.2. The van der Waals surface area contributed by atoms with Crippen LogP contribution in [-0.4, -0.2) is 52.1 Å². The van der Waals surface area contributed by atoms with E-state index in [0.29, 0.717) is 5.70 Å². The second kappa shape index (κ2) is 8.52. The Balaban J connectivity index is 1.84. The number of nitrogens with zero attached hydrogens (tertiary/aromatic N) is 3. The summed E-state index contributed by atoms with van der Waals surface area (Å²) < 4.78 is 7.99. The first-order valence-corrected chi connectivity index (χ1v) is 11.2. The quantitative estimate of drug-likeness (QED) is 0.291. The van der Waals surface area contributed by atoms with E-state index in [1.807, 2.05) is 38.1 Å². The maximum absolute atomic E-state index is 12.8. The largest absolute Gasteiger partial charge is 0.468 e. The van der Waals surface area contributed by atoms with Gasteiger partial charge in [-0.05, 0) is 61.3 Å². The molecule has 0 N–H and O–H groups in total. The summed E-state index contributed by atoms with van der Waals surface area (Å²) in [4.78, 5) is 27.6. The van der Waals surface area contributed by atoms with Crippen LogP contribution in [0.2, 0.25) is 0 Å². The summed E-state index contributed by atoms with van der Waals surface area (Å²) in [6, 6.07) is 14.4. The first kappa shape index (κ1) is 22.2. The summed E-state index contributed by atoms with van der Waals surface area (Å²) in [6.45, 7) is 3.93. The average Bonchev–Trinajstić information content (AvgIpc) is 3.17. The highest BCUT2D eigenvalue weighted by molar-refractivity contribution is 9.10. The van der Waals surface area contributed by atoms with Crippen LogP contribution in [0.25, 0.3) is 22.5 Å². The number of esters is 1. The van der Waals surface area contributed by atoms with Gasteiger partial charge in [0.1, 0.15) is 12.2 Å². The van der Waals surface area contributed by atoms with Crippen LogP contribution in [0.4, 0.5) is 0 Å². The second-order valence-electron chi connectivity index (χ2n) is 7.61. The van der Waals surface area contributed by atoms with Gasteiger partial charge in [-0.15, -0.1) is 0 Å². The number of amides is 1. The van der Waals surface area contributed by atoms with Gasteiger partial charge in [-0.2, -0.15) is 0 Å². The molecule has 1 amide bonds. The van der Waals surface area contributed by atoms with Gasteiger partial charge in [-0.25, -0.2) is 0 Å². The molecule has 4 rings (SSSR count). The number of likely N-dealkylation sites (N-methyl/N-ethyl adjacent to an activating group) is 1. The number of ether oxygens (including phenoxy) is 1. The van der Waals surface area contributed by atoms with Gasteiger partial charge >= 0.3 is 5.97 Å². The molecule has 2 aromatic carbocycles. The van der Waals surface area contributed by atoms with Crippen molar-refractivity contribution in [2.45, 2.75) is 13.8 Å². The molecule has 1 saturated heterocycles. The average molecular weight is 512 g/mol. The van der Waals surface area contributed by atoms with Crippen molar-refractivity contribution in [3.8, 4) is 5.69 Å². The molecule has 1 aliphatic rings. The van der Waals surface area contributed by atoms with Gasteiger partial charge in [0.2, 0.25) is 0 Å². The Bertz CT molecular complexity index is 1310. The topological polar surface area (TPSA) is 54.8 Å². The highest BCUT2D eigenvalue weighted by Gasteiger charge is 2.37. The Morgan fingerprint density at radius 3 is 2.53 bits per heavy atom. The van der Waals surface area contributed by atoms with Gasteiger partial charge < -0.3 is 14.2 Å². The Labute approximate surface area is 200 Å². The van der Waals surface area contributed by atoms with Crippen LogP contribution in [0, 0.1) is 13.8 Å². The lowest BCUT2D eigenvalue weighted by atomic mass is 10.1. The molecule has 1 aromatic heterocycles. The molecule has 0 unspecified atom stereocenters. The fourth-order valence-corrected chi connectivity index (χ4v) is 4.76. The molecule has 0 spiro atoms. The molecule has 32 heavy (non-hydrogen) atoms. The lowest BCUT2D eigenvalue weighted by Crippen LogP contribution is -2.33.